The van der Waals surface area contributed by atoms with Gasteiger partial charge in [0.1, 0.15) is 21.1 Å². The zero-order valence-corrected chi connectivity index (χ0v) is 23.2. The average molecular weight is 573 g/mol. The van der Waals surface area contributed by atoms with Gasteiger partial charge in [-0.15, -0.1) is 22.7 Å². The van der Waals surface area contributed by atoms with Crippen LogP contribution in [0.25, 0.3) is 20.2 Å². The monoisotopic (exact) mass is 572 g/mol. The van der Waals surface area contributed by atoms with Gasteiger partial charge in [-0.25, -0.2) is 9.59 Å². The Morgan fingerprint density at radius 2 is 0.975 bits per heavy atom. The van der Waals surface area contributed by atoms with Crippen molar-refractivity contribution in [1.29, 1.82) is 0 Å². The summed E-state index contributed by atoms with van der Waals surface area (Å²) in [6.07, 6.45) is 0. The summed E-state index contributed by atoms with van der Waals surface area (Å²) in [5.41, 5.74) is 0.737. The molecule has 0 fully saturated rings. The van der Waals surface area contributed by atoms with Crippen molar-refractivity contribution < 1.29 is 28.7 Å². The number of carbonyl (C=O) groups is 4. The highest BCUT2D eigenvalue weighted by molar-refractivity contribution is 7.24. The van der Waals surface area contributed by atoms with E-state index in [0.29, 0.717) is 20.8 Å². The van der Waals surface area contributed by atoms with Crippen molar-refractivity contribution >= 4 is 76.6 Å². The van der Waals surface area contributed by atoms with Gasteiger partial charge in [-0.2, -0.15) is 0 Å². The molecule has 0 saturated carbocycles. The minimum atomic E-state index is -0.565. The molecule has 3 aromatic carbocycles. The van der Waals surface area contributed by atoms with Gasteiger partial charge >= 0.3 is 11.9 Å². The predicted octanol–water partition coefficient (Wildman–Crippen LogP) is 6.97. The third-order valence-corrected chi connectivity index (χ3v) is 8.19. The molecule has 0 atom stereocenters. The highest BCUT2D eigenvalue weighted by atomic mass is 32.1. The number of benzene rings is 3. The fourth-order valence-electron chi connectivity index (χ4n) is 4.30. The van der Waals surface area contributed by atoms with Crippen LogP contribution in [0.1, 0.15) is 55.3 Å². The molecule has 2 aromatic heterocycles. The van der Waals surface area contributed by atoms with Crippen LogP contribution in [0.3, 0.4) is 0 Å². The van der Waals surface area contributed by atoms with E-state index < -0.39 is 23.8 Å². The second kappa shape index (κ2) is 11.7. The maximum atomic E-state index is 13.5. The zero-order chi connectivity index (χ0) is 28.2. The third-order valence-electron chi connectivity index (χ3n) is 6.02. The van der Waals surface area contributed by atoms with E-state index in [0.717, 1.165) is 9.40 Å². The molecule has 2 heterocycles. The van der Waals surface area contributed by atoms with E-state index in [1.165, 1.54) is 34.8 Å². The van der Waals surface area contributed by atoms with Gasteiger partial charge in [0.2, 0.25) is 0 Å². The minimum Gasteiger partial charge on any atom is -0.462 e. The Labute approximate surface area is 237 Å². The SMILES string of the molecule is CCOC(=O)c1c(NC(=O)c2ccccc2C(=O)Nc2sc3ccccc3c2C(=O)OCC)sc2ccccc12. The van der Waals surface area contributed by atoms with Gasteiger partial charge in [-0.3, -0.25) is 9.59 Å². The van der Waals surface area contributed by atoms with Gasteiger partial charge < -0.3 is 20.1 Å². The molecule has 40 heavy (non-hydrogen) atoms. The summed E-state index contributed by atoms with van der Waals surface area (Å²) in [7, 11) is 0. The Kier molecular flexibility index (Phi) is 7.90. The van der Waals surface area contributed by atoms with Gasteiger partial charge in [0, 0.05) is 20.2 Å². The third kappa shape index (κ3) is 5.18. The van der Waals surface area contributed by atoms with Crippen molar-refractivity contribution in [1.82, 2.24) is 0 Å². The molecular weight excluding hydrogens is 548 g/mol. The first kappa shape index (κ1) is 27.0. The van der Waals surface area contributed by atoms with E-state index in [1.807, 2.05) is 36.4 Å². The van der Waals surface area contributed by atoms with Crippen LogP contribution in [0.4, 0.5) is 10.0 Å². The standard InChI is InChI=1S/C30H24N2O6S2/c1-3-37-29(35)23-19-13-7-9-15-21(19)39-27(23)31-25(33)17-11-5-6-12-18(17)26(34)32-28-24(30(36)38-4-2)20-14-8-10-16-22(20)40-28/h5-16H,3-4H2,1-2H3,(H,31,33)(H,32,34). The number of nitrogens with one attached hydrogen (secondary N) is 2. The number of thiophene rings is 2. The van der Waals surface area contributed by atoms with Gasteiger partial charge in [-0.05, 0) is 38.1 Å². The van der Waals surface area contributed by atoms with Crippen LogP contribution in [0.15, 0.2) is 72.8 Å². The lowest BCUT2D eigenvalue weighted by Crippen LogP contribution is -2.21. The number of anilines is 2. The Morgan fingerprint density at radius 1 is 0.600 bits per heavy atom. The number of fused-ring (bicyclic) bond motifs is 2. The summed E-state index contributed by atoms with van der Waals surface area (Å²) in [6, 6.07) is 20.9. The molecule has 0 aliphatic rings. The maximum Gasteiger partial charge on any atom is 0.341 e. The molecule has 0 aliphatic carbocycles. The van der Waals surface area contributed by atoms with Crippen LogP contribution in [-0.4, -0.2) is 37.0 Å². The number of hydrogen-bond donors (Lipinski definition) is 2. The van der Waals surface area contributed by atoms with Gasteiger partial charge in [-0.1, -0.05) is 48.5 Å². The van der Waals surface area contributed by atoms with Crippen LogP contribution >= 0.6 is 22.7 Å². The number of amides is 2. The minimum absolute atomic E-state index is 0.103. The normalized spacial score (nSPS) is 10.8. The number of ether oxygens (including phenoxy) is 2. The number of esters is 2. The van der Waals surface area contributed by atoms with Crippen LogP contribution in [0, 0.1) is 0 Å². The van der Waals surface area contributed by atoms with E-state index in [-0.39, 0.29) is 35.5 Å². The van der Waals surface area contributed by atoms with E-state index in [2.05, 4.69) is 10.6 Å². The van der Waals surface area contributed by atoms with Crippen molar-refractivity contribution in [2.24, 2.45) is 0 Å². The van der Waals surface area contributed by atoms with Gasteiger partial charge in [0.25, 0.3) is 11.8 Å². The molecule has 202 valence electrons. The number of hydrogen-bond acceptors (Lipinski definition) is 8. The molecule has 0 radical (unpaired) electrons. The van der Waals surface area contributed by atoms with Crippen molar-refractivity contribution in [3.8, 4) is 0 Å². The predicted molar refractivity (Wildman–Crippen MR) is 158 cm³/mol. The summed E-state index contributed by atoms with van der Waals surface area (Å²) >= 11 is 2.49. The Balaban J connectivity index is 1.47. The van der Waals surface area contributed by atoms with Gasteiger partial charge in [0.15, 0.2) is 0 Å². The first-order chi connectivity index (χ1) is 19.4. The first-order valence-corrected chi connectivity index (χ1v) is 14.1. The van der Waals surface area contributed by atoms with Crippen molar-refractivity contribution in [3.63, 3.8) is 0 Å². The summed E-state index contributed by atoms with van der Waals surface area (Å²) in [6.45, 7) is 3.79. The molecule has 2 N–H and O–H groups in total. The molecule has 0 spiro atoms. The van der Waals surface area contributed by atoms with Crippen LogP contribution in [-0.2, 0) is 9.47 Å². The van der Waals surface area contributed by atoms with Gasteiger partial charge in [0.05, 0.1) is 24.3 Å². The molecule has 5 aromatic rings. The summed E-state index contributed by atoms with van der Waals surface area (Å²) in [4.78, 5) is 52.5. The highest BCUT2D eigenvalue weighted by Crippen LogP contribution is 2.38. The fraction of sp³-hybridized carbons (Fsp3) is 0.133. The van der Waals surface area contributed by atoms with Crippen LogP contribution in [0.5, 0.6) is 0 Å². The van der Waals surface area contributed by atoms with E-state index >= 15 is 0 Å². The average Bonchev–Trinajstić information content (AvgIpc) is 3.50. The molecule has 0 unspecified atom stereocenters. The Morgan fingerprint density at radius 3 is 1.38 bits per heavy atom. The number of rotatable bonds is 8. The van der Waals surface area contributed by atoms with Crippen molar-refractivity contribution in [2.75, 3.05) is 23.8 Å². The van der Waals surface area contributed by atoms with E-state index in [4.69, 9.17) is 9.47 Å². The second-order valence-corrected chi connectivity index (χ2v) is 10.6. The molecule has 0 bridgehead atoms. The zero-order valence-electron chi connectivity index (χ0n) is 21.6. The molecule has 8 nitrogen and oxygen atoms in total. The smallest absolute Gasteiger partial charge is 0.341 e. The Bertz CT molecular complexity index is 1640. The topological polar surface area (TPSA) is 111 Å². The van der Waals surface area contributed by atoms with E-state index in [1.54, 1.807) is 38.1 Å². The summed E-state index contributed by atoms with van der Waals surface area (Å²) in [5, 5.41) is 7.61. The van der Waals surface area contributed by atoms with E-state index in [9.17, 15) is 19.2 Å². The lowest BCUT2D eigenvalue weighted by atomic mass is 10.1. The molecule has 5 rings (SSSR count). The molecule has 0 aliphatic heterocycles. The second-order valence-electron chi connectivity index (χ2n) is 8.50. The molecule has 2 amide bonds. The lowest BCUT2D eigenvalue weighted by Gasteiger charge is -2.11. The fourth-order valence-corrected chi connectivity index (χ4v) is 6.47. The summed E-state index contributed by atoms with van der Waals surface area (Å²) in [5.74, 6) is -2.22. The molecule has 10 heteroatoms. The van der Waals surface area contributed by atoms with Crippen molar-refractivity contribution in [3.05, 3.63) is 95.1 Å². The molecular formula is C30H24N2O6S2. The Hall–Kier alpha value is -4.54. The maximum absolute atomic E-state index is 13.5. The highest BCUT2D eigenvalue weighted by Gasteiger charge is 2.26. The lowest BCUT2D eigenvalue weighted by molar-refractivity contribution is 0.0520. The van der Waals surface area contributed by atoms with Crippen LogP contribution in [0.2, 0.25) is 0 Å². The quantitative estimate of drug-likeness (QED) is 0.194. The van der Waals surface area contributed by atoms with Crippen molar-refractivity contribution in [2.45, 2.75) is 13.8 Å². The van der Waals surface area contributed by atoms with Crippen LogP contribution < -0.4 is 10.6 Å². The summed E-state index contributed by atoms with van der Waals surface area (Å²) < 4.78 is 12.1. The number of carbonyl (C=O) groups excluding carboxylic acids is 4. The first-order valence-electron chi connectivity index (χ1n) is 12.5. The largest absolute Gasteiger partial charge is 0.462 e. The molecule has 0 saturated heterocycles.